The number of rotatable bonds is 5. The van der Waals surface area contributed by atoms with Gasteiger partial charge in [-0.1, -0.05) is 13.8 Å². The number of nitrogens with zero attached hydrogens (tertiary/aromatic N) is 3. The number of aromatic amines is 1. The van der Waals surface area contributed by atoms with E-state index >= 15 is 0 Å². The van der Waals surface area contributed by atoms with Crippen LogP contribution in [0.15, 0.2) is 10.9 Å². The van der Waals surface area contributed by atoms with Crippen molar-refractivity contribution in [2.75, 3.05) is 31.2 Å². The molecule has 3 rings (SSSR count). The molecule has 0 radical (unpaired) electrons. The van der Waals surface area contributed by atoms with E-state index in [0.29, 0.717) is 48.5 Å². The SMILES string of the molecule is Cc1nc(C)c(C(=O)NC(c2cc(=O)[nH]c(N3CCOCC3)n2)C(C)C)s1. The van der Waals surface area contributed by atoms with Crippen LogP contribution < -0.4 is 15.8 Å². The van der Waals surface area contributed by atoms with E-state index in [0.717, 1.165) is 5.01 Å². The molecule has 1 aliphatic rings. The van der Waals surface area contributed by atoms with Crippen molar-refractivity contribution in [2.45, 2.75) is 33.7 Å². The molecular weight excluding hydrogens is 366 g/mol. The van der Waals surface area contributed by atoms with Crippen molar-refractivity contribution >= 4 is 23.2 Å². The molecule has 1 aliphatic heterocycles. The van der Waals surface area contributed by atoms with Gasteiger partial charge in [-0.25, -0.2) is 9.97 Å². The van der Waals surface area contributed by atoms with Crippen molar-refractivity contribution in [3.63, 3.8) is 0 Å². The van der Waals surface area contributed by atoms with Gasteiger partial charge in [0, 0.05) is 19.2 Å². The molecule has 1 amide bonds. The Balaban J connectivity index is 1.88. The average molecular weight is 391 g/mol. The fourth-order valence-corrected chi connectivity index (χ4v) is 3.90. The smallest absolute Gasteiger partial charge is 0.263 e. The van der Waals surface area contributed by atoms with Crippen molar-refractivity contribution in [3.05, 3.63) is 37.7 Å². The number of nitrogens with one attached hydrogen (secondary N) is 2. The number of anilines is 1. The minimum atomic E-state index is -0.374. The van der Waals surface area contributed by atoms with E-state index in [1.165, 1.54) is 17.4 Å². The summed E-state index contributed by atoms with van der Waals surface area (Å²) in [6, 6.07) is 1.08. The number of aryl methyl sites for hydroxylation is 2. The zero-order valence-corrected chi connectivity index (χ0v) is 16.9. The number of ether oxygens (including phenoxy) is 1. The van der Waals surface area contributed by atoms with Gasteiger partial charge in [0.05, 0.1) is 35.7 Å². The molecule has 2 aromatic heterocycles. The molecule has 1 saturated heterocycles. The van der Waals surface area contributed by atoms with Gasteiger partial charge in [0.2, 0.25) is 5.95 Å². The Hall–Kier alpha value is -2.26. The first-order valence-electron chi connectivity index (χ1n) is 9.04. The quantitative estimate of drug-likeness (QED) is 0.806. The molecule has 0 saturated carbocycles. The van der Waals surface area contributed by atoms with E-state index in [4.69, 9.17) is 4.74 Å². The lowest BCUT2D eigenvalue weighted by atomic mass is 10.0. The van der Waals surface area contributed by atoms with Crippen LogP contribution in [0.3, 0.4) is 0 Å². The molecule has 1 unspecified atom stereocenters. The highest BCUT2D eigenvalue weighted by Crippen LogP contribution is 2.23. The summed E-state index contributed by atoms with van der Waals surface area (Å²) in [7, 11) is 0. The molecule has 8 nitrogen and oxygen atoms in total. The summed E-state index contributed by atoms with van der Waals surface area (Å²) in [6.07, 6.45) is 0. The van der Waals surface area contributed by atoms with Crippen molar-refractivity contribution in [3.8, 4) is 0 Å². The van der Waals surface area contributed by atoms with Crippen molar-refractivity contribution in [2.24, 2.45) is 5.92 Å². The standard InChI is InChI=1S/C18H25N5O3S/c1-10(2)15(22-17(25)16-11(3)19-12(4)27-16)13-9-14(24)21-18(20-13)23-5-7-26-8-6-23/h9-10,15H,5-8H2,1-4H3,(H,22,25)(H,20,21,24). The number of morpholine rings is 1. The van der Waals surface area contributed by atoms with Gasteiger partial charge in [-0.05, 0) is 19.8 Å². The molecule has 1 fully saturated rings. The fraction of sp³-hybridized carbons (Fsp3) is 0.556. The monoisotopic (exact) mass is 391 g/mol. The van der Waals surface area contributed by atoms with Gasteiger partial charge in [0.15, 0.2) is 0 Å². The van der Waals surface area contributed by atoms with Crippen LogP contribution >= 0.6 is 11.3 Å². The maximum atomic E-state index is 12.8. The second kappa shape index (κ2) is 8.18. The predicted molar refractivity (Wildman–Crippen MR) is 105 cm³/mol. The lowest BCUT2D eigenvalue weighted by Gasteiger charge is -2.28. The van der Waals surface area contributed by atoms with Gasteiger partial charge >= 0.3 is 0 Å². The third-order valence-corrected chi connectivity index (χ3v) is 5.51. The first kappa shape index (κ1) is 19.5. The molecule has 1 atom stereocenters. The summed E-state index contributed by atoms with van der Waals surface area (Å²) >= 11 is 1.37. The summed E-state index contributed by atoms with van der Waals surface area (Å²) in [5, 5.41) is 3.88. The number of aromatic nitrogens is 3. The van der Waals surface area contributed by atoms with Crippen LogP contribution in [0.1, 0.15) is 46.0 Å². The average Bonchev–Trinajstić information content (AvgIpc) is 2.97. The van der Waals surface area contributed by atoms with Crippen LogP contribution in [0.4, 0.5) is 5.95 Å². The normalized spacial score (nSPS) is 15.8. The first-order chi connectivity index (χ1) is 12.8. The minimum Gasteiger partial charge on any atom is -0.378 e. The molecule has 2 aromatic rings. The summed E-state index contributed by atoms with van der Waals surface area (Å²) in [5.74, 6) is 0.396. The number of hydrogen-bond donors (Lipinski definition) is 2. The molecule has 9 heteroatoms. The summed E-state index contributed by atoms with van der Waals surface area (Å²) in [5.41, 5.74) is 1.04. The van der Waals surface area contributed by atoms with Crippen LogP contribution in [0.2, 0.25) is 0 Å². The Labute approximate surface area is 162 Å². The van der Waals surface area contributed by atoms with E-state index in [1.807, 2.05) is 32.6 Å². The summed E-state index contributed by atoms with van der Waals surface area (Å²) < 4.78 is 5.36. The number of thiazole rings is 1. The van der Waals surface area contributed by atoms with Gasteiger partial charge in [0.1, 0.15) is 4.88 Å². The number of carbonyl (C=O) groups excluding carboxylic acids is 1. The van der Waals surface area contributed by atoms with Crippen LogP contribution in [-0.2, 0) is 4.74 Å². The molecule has 0 aromatic carbocycles. The van der Waals surface area contributed by atoms with Gasteiger partial charge in [0.25, 0.3) is 11.5 Å². The van der Waals surface area contributed by atoms with E-state index in [1.54, 1.807) is 0 Å². The van der Waals surface area contributed by atoms with Crippen molar-refractivity contribution < 1.29 is 9.53 Å². The molecule has 27 heavy (non-hydrogen) atoms. The molecule has 146 valence electrons. The number of carbonyl (C=O) groups is 1. The van der Waals surface area contributed by atoms with Crippen molar-refractivity contribution in [1.82, 2.24) is 20.3 Å². The summed E-state index contributed by atoms with van der Waals surface area (Å²) in [6.45, 7) is 10.2. The molecule has 2 N–H and O–H groups in total. The Kier molecular flexibility index (Phi) is 5.91. The predicted octanol–water partition coefficient (Wildman–Crippen LogP) is 1.81. The van der Waals surface area contributed by atoms with Crippen molar-refractivity contribution in [1.29, 1.82) is 0 Å². The Morgan fingerprint density at radius 2 is 2.00 bits per heavy atom. The van der Waals surface area contributed by atoms with Crippen LogP contribution in [0, 0.1) is 19.8 Å². The highest BCUT2D eigenvalue weighted by Gasteiger charge is 2.25. The third-order valence-electron chi connectivity index (χ3n) is 4.44. The second-order valence-corrected chi connectivity index (χ2v) is 8.14. The highest BCUT2D eigenvalue weighted by molar-refractivity contribution is 7.13. The lowest BCUT2D eigenvalue weighted by molar-refractivity contribution is 0.0927. The van der Waals surface area contributed by atoms with Crippen LogP contribution in [0.25, 0.3) is 0 Å². The number of amides is 1. The Bertz CT molecular complexity index is 870. The fourth-order valence-electron chi connectivity index (χ4n) is 3.08. The number of hydrogen-bond acceptors (Lipinski definition) is 7. The summed E-state index contributed by atoms with van der Waals surface area (Å²) in [4.78, 5) is 39.3. The van der Waals surface area contributed by atoms with E-state index in [9.17, 15) is 9.59 Å². The Morgan fingerprint density at radius 3 is 2.59 bits per heavy atom. The van der Waals surface area contributed by atoms with Gasteiger partial charge in [-0.2, -0.15) is 0 Å². The largest absolute Gasteiger partial charge is 0.378 e. The first-order valence-corrected chi connectivity index (χ1v) is 9.85. The van der Waals surface area contributed by atoms with Gasteiger partial charge in [-0.15, -0.1) is 11.3 Å². The van der Waals surface area contributed by atoms with E-state index < -0.39 is 0 Å². The topological polar surface area (TPSA) is 100 Å². The molecule has 3 heterocycles. The lowest BCUT2D eigenvalue weighted by Crippen LogP contribution is -2.39. The molecule has 0 spiro atoms. The van der Waals surface area contributed by atoms with Gasteiger partial charge < -0.3 is 15.0 Å². The maximum absolute atomic E-state index is 12.8. The highest BCUT2D eigenvalue weighted by atomic mass is 32.1. The zero-order valence-electron chi connectivity index (χ0n) is 16.0. The molecule has 0 aliphatic carbocycles. The number of H-pyrrole nitrogens is 1. The maximum Gasteiger partial charge on any atom is 0.263 e. The molecule has 0 bridgehead atoms. The van der Waals surface area contributed by atoms with Crippen LogP contribution in [0.5, 0.6) is 0 Å². The third kappa shape index (κ3) is 4.54. The van der Waals surface area contributed by atoms with Crippen LogP contribution in [-0.4, -0.2) is 47.2 Å². The second-order valence-electron chi connectivity index (χ2n) is 6.94. The Morgan fingerprint density at radius 1 is 1.30 bits per heavy atom. The van der Waals surface area contributed by atoms with E-state index in [2.05, 4.69) is 20.3 Å². The van der Waals surface area contributed by atoms with Gasteiger partial charge in [-0.3, -0.25) is 14.6 Å². The zero-order chi connectivity index (χ0) is 19.6. The minimum absolute atomic E-state index is 0.0649. The molecular formula is C18H25N5O3S. The van der Waals surface area contributed by atoms with E-state index in [-0.39, 0.29) is 23.4 Å².